The lowest BCUT2D eigenvalue weighted by Crippen LogP contribution is -2.06. The molecule has 0 saturated carbocycles. The lowest BCUT2D eigenvalue weighted by atomic mass is 10.1. The van der Waals surface area contributed by atoms with Crippen LogP contribution >= 0.6 is 23.2 Å². The monoisotopic (exact) mass is 453 g/mol. The van der Waals surface area contributed by atoms with Gasteiger partial charge < -0.3 is 14.2 Å². The predicted octanol–water partition coefficient (Wildman–Crippen LogP) is 5.93. The molecule has 1 heterocycles. The largest absolute Gasteiger partial charge is 0.493 e. The molecule has 1 aliphatic rings. The van der Waals surface area contributed by atoms with Crippen LogP contribution in [-0.2, 0) is 16.1 Å². The van der Waals surface area contributed by atoms with Gasteiger partial charge in [-0.25, -0.2) is 9.79 Å². The number of nitrogens with zero attached hydrogens (tertiary/aromatic N) is 1. The lowest BCUT2D eigenvalue weighted by molar-refractivity contribution is -0.129. The number of halogens is 2. The van der Waals surface area contributed by atoms with Crippen molar-refractivity contribution in [3.63, 3.8) is 0 Å². The van der Waals surface area contributed by atoms with E-state index in [0.29, 0.717) is 39.3 Å². The number of cyclic esters (lactones) is 1. The van der Waals surface area contributed by atoms with Crippen LogP contribution in [0.5, 0.6) is 11.5 Å². The standard InChI is InChI=1S/C24H17Cl2NO4/c1-29-22-12-16(7-10-21(22)30-14-15-5-3-2-4-6-15)11-20-24(28)31-23(27-20)18-13-17(25)8-9-19(18)26/h2-13H,14H2,1H3. The summed E-state index contributed by atoms with van der Waals surface area (Å²) in [6.07, 6.45) is 1.61. The number of esters is 1. The van der Waals surface area contributed by atoms with Gasteiger partial charge in [-0.2, -0.15) is 0 Å². The summed E-state index contributed by atoms with van der Waals surface area (Å²) in [5, 5.41) is 0.852. The molecule has 31 heavy (non-hydrogen) atoms. The van der Waals surface area contributed by atoms with Gasteiger partial charge in [0, 0.05) is 5.02 Å². The first-order valence-electron chi connectivity index (χ1n) is 9.36. The number of carbonyl (C=O) groups excluding carboxylic acids is 1. The summed E-state index contributed by atoms with van der Waals surface area (Å²) in [6, 6.07) is 20.1. The summed E-state index contributed by atoms with van der Waals surface area (Å²) in [5.74, 6) is 0.670. The predicted molar refractivity (Wildman–Crippen MR) is 121 cm³/mol. The summed E-state index contributed by atoms with van der Waals surface area (Å²) < 4.78 is 16.6. The minimum Gasteiger partial charge on any atom is -0.493 e. The molecule has 0 amide bonds. The molecule has 0 aliphatic carbocycles. The van der Waals surface area contributed by atoms with E-state index in [1.54, 1.807) is 43.5 Å². The van der Waals surface area contributed by atoms with Crippen molar-refractivity contribution in [1.82, 2.24) is 0 Å². The molecular weight excluding hydrogens is 437 g/mol. The highest BCUT2D eigenvalue weighted by atomic mass is 35.5. The Morgan fingerprint density at radius 1 is 1.00 bits per heavy atom. The summed E-state index contributed by atoms with van der Waals surface area (Å²) >= 11 is 12.2. The van der Waals surface area contributed by atoms with Crippen LogP contribution in [0.4, 0.5) is 0 Å². The van der Waals surface area contributed by atoms with Crippen molar-refractivity contribution in [2.75, 3.05) is 7.11 Å². The molecule has 0 aromatic heterocycles. The highest BCUT2D eigenvalue weighted by molar-refractivity contribution is 6.36. The Balaban J connectivity index is 1.57. The van der Waals surface area contributed by atoms with E-state index in [1.807, 2.05) is 36.4 Å². The number of ether oxygens (including phenoxy) is 3. The number of rotatable bonds is 6. The quantitative estimate of drug-likeness (QED) is 0.343. The molecule has 0 saturated heterocycles. The Kier molecular flexibility index (Phi) is 6.26. The molecule has 156 valence electrons. The van der Waals surface area contributed by atoms with Crippen LogP contribution in [0.2, 0.25) is 10.0 Å². The highest BCUT2D eigenvalue weighted by Crippen LogP contribution is 2.31. The summed E-state index contributed by atoms with van der Waals surface area (Å²) in [5.41, 5.74) is 2.35. The molecule has 0 fully saturated rings. The summed E-state index contributed by atoms with van der Waals surface area (Å²) in [6.45, 7) is 0.415. The van der Waals surface area contributed by atoms with Gasteiger partial charge in [0.1, 0.15) is 6.61 Å². The first kappa shape index (κ1) is 21.0. The Bertz CT molecular complexity index is 1190. The van der Waals surface area contributed by atoms with Gasteiger partial charge in [-0.3, -0.25) is 0 Å². The zero-order valence-corrected chi connectivity index (χ0v) is 18.0. The lowest BCUT2D eigenvalue weighted by Gasteiger charge is -2.11. The molecule has 0 unspecified atom stereocenters. The Morgan fingerprint density at radius 3 is 2.58 bits per heavy atom. The van der Waals surface area contributed by atoms with Crippen molar-refractivity contribution in [2.24, 2.45) is 4.99 Å². The smallest absolute Gasteiger partial charge is 0.363 e. The van der Waals surface area contributed by atoms with E-state index in [2.05, 4.69) is 4.99 Å². The number of methoxy groups -OCH3 is 1. The van der Waals surface area contributed by atoms with Crippen LogP contribution in [-0.4, -0.2) is 19.0 Å². The van der Waals surface area contributed by atoms with Crippen molar-refractivity contribution >= 4 is 41.1 Å². The maximum atomic E-state index is 12.3. The molecule has 4 rings (SSSR count). The third-order valence-corrected chi connectivity index (χ3v) is 5.07. The maximum Gasteiger partial charge on any atom is 0.363 e. The topological polar surface area (TPSA) is 57.1 Å². The van der Waals surface area contributed by atoms with E-state index in [1.165, 1.54) is 0 Å². The number of benzene rings is 3. The van der Waals surface area contributed by atoms with Gasteiger partial charge in [0.2, 0.25) is 5.90 Å². The molecule has 0 atom stereocenters. The van der Waals surface area contributed by atoms with Crippen LogP contribution in [0, 0.1) is 0 Å². The SMILES string of the molecule is COc1cc(C=C2N=C(c3cc(Cl)ccc3Cl)OC2=O)ccc1OCc1ccccc1. The molecule has 0 radical (unpaired) electrons. The van der Waals surface area contributed by atoms with E-state index in [4.69, 9.17) is 37.4 Å². The highest BCUT2D eigenvalue weighted by Gasteiger charge is 2.26. The van der Waals surface area contributed by atoms with Crippen molar-refractivity contribution in [2.45, 2.75) is 6.61 Å². The van der Waals surface area contributed by atoms with Crippen LogP contribution in [0.25, 0.3) is 6.08 Å². The fourth-order valence-corrected chi connectivity index (χ4v) is 3.34. The van der Waals surface area contributed by atoms with E-state index >= 15 is 0 Å². The Morgan fingerprint density at radius 2 is 1.81 bits per heavy atom. The van der Waals surface area contributed by atoms with Crippen LogP contribution < -0.4 is 9.47 Å². The van der Waals surface area contributed by atoms with Crippen LogP contribution in [0.15, 0.2) is 77.4 Å². The minimum atomic E-state index is -0.575. The summed E-state index contributed by atoms with van der Waals surface area (Å²) in [4.78, 5) is 16.6. The van der Waals surface area contributed by atoms with E-state index in [0.717, 1.165) is 5.56 Å². The second kappa shape index (κ2) is 9.25. The van der Waals surface area contributed by atoms with Gasteiger partial charge in [-0.15, -0.1) is 0 Å². The van der Waals surface area contributed by atoms with Crippen molar-refractivity contribution < 1.29 is 19.0 Å². The molecule has 5 nitrogen and oxygen atoms in total. The minimum absolute atomic E-state index is 0.110. The van der Waals surface area contributed by atoms with Crippen molar-refractivity contribution in [3.05, 3.63) is 99.2 Å². The third kappa shape index (κ3) is 4.90. The summed E-state index contributed by atoms with van der Waals surface area (Å²) in [7, 11) is 1.56. The number of hydrogen-bond acceptors (Lipinski definition) is 5. The van der Waals surface area contributed by atoms with E-state index < -0.39 is 5.97 Å². The fraction of sp³-hybridized carbons (Fsp3) is 0.0833. The molecule has 3 aromatic rings. The molecule has 0 spiro atoms. The molecule has 7 heteroatoms. The second-order valence-electron chi connectivity index (χ2n) is 6.64. The number of hydrogen-bond donors (Lipinski definition) is 0. The van der Waals surface area contributed by atoms with Crippen molar-refractivity contribution in [3.8, 4) is 11.5 Å². The zero-order chi connectivity index (χ0) is 21.8. The molecule has 3 aromatic carbocycles. The van der Waals surface area contributed by atoms with E-state index in [9.17, 15) is 4.79 Å². The Hall–Kier alpha value is -3.28. The van der Waals surface area contributed by atoms with Gasteiger partial charge in [-0.1, -0.05) is 59.6 Å². The maximum absolute atomic E-state index is 12.3. The van der Waals surface area contributed by atoms with Gasteiger partial charge in [0.15, 0.2) is 17.2 Å². The second-order valence-corrected chi connectivity index (χ2v) is 7.49. The average Bonchev–Trinajstić information content (AvgIpc) is 3.15. The van der Waals surface area contributed by atoms with Crippen molar-refractivity contribution in [1.29, 1.82) is 0 Å². The molecule has 0 bridgehead atoms. The van der Waals surface area contributed by atoms with Crippen LogP contribution in [0.1, 0.15) is 16.7 Å². The first-order valence-corrected chi connectivity index (χ1v) is 10.1. The zero-order valence-electron chi connectivity index (χ0n) is 16.5. The van der Waals surface area contributed by atoms with Crippen LogP contribution in [0.3, 0.4) is 0 Å². The normalized spacial score (nSPS) is 14.4. The first-order chi connectivity index (χ1) is 15.0. The number of aliphatic imine (C=N–C) groups is 1. The molecule has 1 aliphatic heterocycles. The van der Waals surface area contributed by atoms with Gasteiger partial charge >= 0.3 is 5.97 Å². The fourth-order valence-electron chi connectivity index (χ4n) is 2.97. The van der Waals surface area contributed by atoms with Gasteiger partial charge in [0.05, 0.1) is 17.7 Å². The number of carbonyl (C=O) groups is 1. The Labute approximate surface area is 189 Å². The van der Waals surface area contributed by atoms with Gasteiger partial charge in [0.25, 0.3) is 0 Å². The van der Waals surface area contributed by atoms with E-state index in [-0.39, 0.29) is 11.6 Å². The molecular formula is C24H17Cl2NO4. The molecule has 0 N–H and O–H groups in total. The average molecular weight is 454 g/mol. The third-order valence-electron chi connectivity index (χ3n) is 4.51. The van der Waals surface area contributed by atoms with Gasteiger partial charge in [-0.05, 0) is 47.5 Å².